The molecular formula is C18H18N2O6. The van der Waals surface area contributed by atoms with E-state index in [2.05, 4.69) is 4.74 Å². The molecule has 1 amide bonds. The Hall–Kier alpha value is -3.42. The topological polar surface area (TPSA) is 103 Å². The monoisotopic (exact) mass is 358 g/mol. The third-order valence-corrected chi connectivity index (χ3v) is 3.68. The number of nitro benzene ring substituents is 1. The van der Waals surface area contributed by atoms with Crippen LogP contribution in [-0.4, -0.2) is 35.9 Å². The molecule has 0 aliphatic heterocycles. The highest BCUT2D eigenvalue weighted by Gasteiger charge is 2.17. The maximum atomic E-state index is 12.2. The second kappa shape index (κ2) is 8.11. The molecule has 0 saturated heterocycles. The second-order valence-electron chi connectivity index (χ2n) is 5.52. The average Bonchev–Trinajstić information content (AvgIpc) is 2.99. The highest BCUT2D eigenvalue weighted by Crippen LogP contribution is 2.20. The number of rotatable bonds is 6. The van der Waals surface area contributed by atoms with Crippen molar-refractivity contribution in [3.63, 3.8) is 0 Å². The molecule has 0 aliphatic rings. The van der Waals surface area contributed by atoms with Gasteiger partial charge in [0.25, 0.3) is 5.69 Å². The standard InChI is InChI=1S/C18H18N2O6/c1-12-15(18(22)25-3)10-14(26-12)11-19(2)17(21)9-8-13-6-4-5-7-16(13)20(23)24/h4-10H,11H2,1-3H3/b9-8+. The van der Waals surface area contributed by atoms with Crippen LogP contribution in [0.2, 0.25) is 0 Å². The number of amides is 1. The van der Waals surface area contributed by atoms with Crippen LogP contribution >= 0.6 is 0 Å². The van der Waals surface area contributed by atoms with E-state index in [1.807, 2.05) is 0 Å². The zero-order valence-corrected chi connectivity index (χ0v) is 14.6. The van der Waals surface area contributed by atoms with Crippen molar-refractivity contribution in [3.8, 4) is 0 Å². The van der Waals surface area contributed by atoms with E-state index >= 15 is 0 Å². The van der Waals surface area contributed by atoms with Crippen molar-refractivity contribution in [3.05, 3.63) is 69.2 Å². The molecule has 0 unspecified atom stereocenters. The number of ether oxygens (including phenoxy) is 1. The van der Waals surface area contributed by atoms with Gasteiger partial charge in [0.2, 0.25) is 5.91 Å². The van der Waals surface area contributed by atoms with Gasteiger partial charge in [0.1, 0.15) is 17.1 Å². The van der Waals surface area contributed by atoms with Crippen molar-refractivity contribution in [2.45, 2.75) is 13.5 Å². The van der Waals surface area contributed by atoms with Gasteiger partial charge in [-0.05, 0) is 25.1 Å². The smallest absolute Gasteiger partial charge is 0.341 e. The van der Waals surface area contributed by atoms with Gasteiger partial charge < -0.3 is 14.1 Å². The molecule has 136 valence electrons. The number of carbonyl (C=O) groups excluding carboxylic acids is 2. The van der Waals surface area contributed by atoms with Gasteiger partial charge in [-0.3, -0.25) is 14.9 Å². The van der Waals surface area contributed by atoms with Crippen molar-refractivity contribution in [1.29, 1.82) is 0 Å². The number of benzene rings is 1. The maximum Gasteiger partial charge on any atom is 0.341 e. The molecule has 0 atom stereocenters. The van der Waals surface area contributed by atoms with Crippen molar-refractivity contribution in [2.75, 3.05) is 14.2 Å². The summed E-state index contributed by atoms with van der Waals surface area (Å²) in [6, 6.07) is 7.66. The number of hydrogen-bond donors (Lipinski definition) is 0. The summed E-state index contributed by atoms with van der Waals surface area (Å²) in [5.74, 6) is -0.0411. The SMILES string of the molecule is COC(=O)c1cc(CN(C)C(=O)/C=C/c2ccccc2[N+](=O)[O-])oc1C. The fraction of sp³-hybridized carbons (Fsp3) is 0.222. The van der Waals surface area contributed by atoms with Gasteiger partial charge >= 0.3 is 5.97 Å². The first-order chi connectivity index (χ1) is 12.3. The molecular weight excluding hydrogens is 340 g/mol. The molecule has 0 spiro atoms. The molecule has 0 bridgehead atoms. The molecule has 8 heteroatoms. The highest BCUT2D eigenvalue weighted by molar-refractivity contribution is 5.92. The zero-order chi connectivity index (χ0) is 19.3. The molecule has 2 rings (SSSR count). The summed E-state index contributed by atoms with van der Waals surface area (Å²) in [5, 5.41) is 11.0. The van der Waals surface area contributed by atoms with Gasteiger partial charge in [0.05, 0.1) is 24.1 Å². The number of aryl methyl sites for hydroxylation is 1. The van der Waals surface area contributed by atoms with Crippen LogP contribution in [0.5, 0.6) is 0 Å². The van der Waals surface area contributed by atoms with E-state index in [9.17, 15) is 19.7 Å². The number of hydrogen-bond acceptors (Lipinski definition) is 6. The van der Waals surface area contributed by atoms with Gasteiger partial charge in [-0.1, -0.05) is 12.1 Å². The highest BCUT2D eigenvalue weighted by atomic mass is 16.6. The summed E-state index contributed by atoms with van der Waals surface area (Å²) in [7, 11) is 2.83. The predicted octanol–water partition coefficient (Wildman–Crippen LogP) is 2.95. The largest absolute Gasteiger partial charge is 0.465 e. The van der Waals surface area contributed by atoms with Gasteiger partial charge in [0, 0.05) is 19.2 Å². The minimum Gasteiger partial charge on any atom is -0.465 e. The molecule has 0 saturated carbocycles. The number of nitro groups is 1. The Balaban J connectivity index is 2.09. The van der Waals surface area contributed by atoms with Gasteiger partial charge in [-0.2, -0.15) is 0 Å². The number of esters is 1. The number of methoxy groups -OCH3 is 1. The summed E-state index contributed by atoms with van der Waals surface area (Å²) in [6.45, 7) is 1.77. The third kappa shape index (κ3) is 4.35. The molecule has 0 aliphatic carbocycles. The summed E-state index contributed by atoms with van der Waals surface area (Å²) >= 11 is 0. The van der Waals surface area contributed by atoms with E-state index < -0.39 is 10.9 Å². The molecule has 0 radical (unpaired) electrons. The molecule has 0 N–H and O–H groups in total. The van der Waals surface area contributed by atoms with Crippen LogP contribution in [0, 0.1) is 17.0 Å². The van der Waals surface area contributed by atoms with Crippen molar-refractivity contribution in [2.24, 2.45) is 0 Å². The van der Waals surface area contributed by atoms with E-state index in [1.54, 1.807) is 32.2 Å². The van der Waals surface area contributed by atoms with Crippen LogP contribution in [0.1, 0.15) is 27.4 Å². The van der Waals surface area contributed by atoms with Crippen LogP contribution in [0.15, 0.2) is 40.8 Å². The molecule has 26 heavy (non-hydrogen) atoms. The van der Waals surface area contributed by atoms with Crippen LogP contribution < -0.4 is 0 Å². The molecule has 2 aromatic rings. The van der Waals surface area contributed by atoms with Crippen molar-refractivity contribution >= 4 is 23.6 Å². The quantitative estimate of drug-likeness (QED) is 0.340. The van der Waals surface area contributed by atoms with Gasteiger partial charge in [-0.25, -0.2) is 4.79 Å². The number of para-hydroxylation sites is 1. The lowest BCUT2D eigenvalue weighted by Crippen LogP contribution is -2.23. The molecule has 0 fully saturated rings. The summed E-state index contributed by atoms with van der Waals surface area (Å²) in [4.78, 5) is 35.6. The fourth-order valence-electron chi connectivity index (χ4n) is 2.33. The molecule has 1 aromatic heterocycles. The Labute approximate surface area is 149 Å². The summed E-state index contributed by atoms with van der Waals surface area (Å²) in [6.07, 6.45) is 2.64. The number of carbonyl (C=O) groups is 2. The first-order valence-electron chi connectivity index (χ1n) is 7.67. The predicted molar refractivity (Wildman–Crippen MR) is 93.4 cm³/mol. The van der Waals surface area contributed by atoms with Gasteiger partial charge in [-0.15, -0.1) is 0 Å². The molecule has 8 nitrogen and oxygen atoms in total. The minimum atomic E-state index is -0.511. The number of furan rings is 1. The Bertz CT molecular complexity index is 868. The maximum absolute atomic E-state index is 12.2. The summed E-state index contributed by atoms with van der Waals surface area (Å²) in [5.41, 5.74) is 0.559. The molecule has 1 aromatic carbocycles. The summed E-state index contributed by atoms with van der Waals surface area (Å²) < 4.78 is 10.1. The van der Waals surface area contributed by atoms with Crippen molar-refractivity contribution in [1.82, 2.24) is 4.90 Å². The van der Waals surface area contributed by atoms with Crippen molar-refractivity contribution < 1.29 is 23.7 Å². The molecule has 1 heterocycles. The van der Waals surface area contributed by atoms with Crippen LogP contribution in [0.4, 0.5) is 5.69 Å². The second-order valence-corrected chi connectivity index (χ2v) is 5.52. The van der Waals surface area contributed by atoms with E-state index in [-0.39, 0.29) is 18.1 Å². The van der Waals surface area contributed by atoms with E-state index in [4.69, 9.17) is 4.42 Å². The number of nitrogens with zero attached hydrogens (tertiary/aromatic N) is 2. The lowest BCUT2D eigenvalue weighted by atomic mass is 10.1. The Morgan fingerprint density at radius 1 is 1.35 bits per heavy atom. The minimum absolute atomic E-state index is 0.0800. The van der Waals surface area contributed by atoms with E-state index in [1.165, 1.54) is 36.3 Å². The number of likely N-dealkylation sites (N-methyl/N-ethyl adjacent to an activating group) is 1. The Morgan fingerprint density at radius 2 is 2.04 bits per heavy atom. The lowest BCUT2D eigenvalue weighted by Gasteiger charge is -2.13. The lowest BCUT2D eigenvalue weighted by molar-refractivity contribution is -0.385. The fourth-order valence-corrected chi connectivity index (χ4v) is 2.33. The Morgan fingerprint density at radius 3 is 2.69 bits per heavy atom. The van der Waals surface area contributed by atoms with E-state index in [0.29, 0.717) is 22.6 Å². The van der Waals surface area contributed by atoms with Gasteiger partial charge in [0.15, 0.2) is 0 Å². The van der Waals surface area contributed by atoms with Crippen LogP contribution in [0.3, 0.4) is 0 Å². The van der Waals surface area contributed by atoms with Crippen LogP contribution in [0.25, 0.3) is 6.08 Å². The average molecular weight is 358 g/mol. The van der Waals surface area contributed by atoms with E-state index in [0.717, 1.165) is 0 Å². The Kier molecular flexibility index (Phi) is 5.90. The normalized spacial score (nSPS) is 10.7. The zero-order valence-electron chi connectivity index (χ0n) is 14.6. The first-order valence-corrected chi connectivity index (χ1v) is 7.67. The van der Waals surface area contributed by atoms with Crippen LogP contribution in [-0.2, 0) is 16.1 Å². The first kappa shape index (κ1) is 18.9. The third-order valence-electron chi connectivity index (χ3n) is 3.68.